The first kappa shape index (κ1) is 10.3. The van der Waals surface area contributed by atoms with Gasteiger partial charge in [-0.2, -0.15) is 0 Å². The largest absolute Gasteiger partial charge is 0.335 e. The summed E-state index contributed by atoms with van der Waals surface area (Å²) in [6.45, 7) is 7.20. The topological polar surface area (TPSA) is 12.0 Å². The molecule has 0 spiro atoms. The first-order valence-electron chi connectivity index (χ1n) is 5.36. The third kappa shape index (κ3) is 4.26. The van der Waals surface area contributed by atoms with Crippen LogP contribution in [0.1, 0.15) is 38.5 Å². The molecule has 1 rings (SSSR count). The zero-order valence-electron chi connectivity index (χ0n) is 8.82. The van der Waals surface area contributed by atoms with E-state index in [1.165, 1.54) is 38.5 Å². The number of hydrogen-bond acceptors (Lipinski definition) is 1. The van der Waals surface area contributed by atoms with Gasteiger partial charge in [0.2, 0.25) is 0 Å². The van der Waals surface area contributed by atoms with Crippen molar-refractivity contribution in [3.63, 3.8) is 0 Å². The molecule has 0 aromatic rings. The Balaban J connectivity index is 2.30. The molecule has 0 saturated heterocycles. The van der Waals surface area contributed by atoms with E-state index in [0.29, 0.717) is 0 Å². The SMILES string of the molecule is C[Si](C)(C)NC1CCCCCC1. The van der Waals surface area contributed by atoms with Gasteiger partial charge in [0.05, 0.1) is 0 Å². The van der Waals surface area contributed by atoms with Crippen LogP contribution in [-0.4, -0.2) is 14.3 Å². The molecule has 1 saturated carbocycles. The van der Waals surface area contributed by atoms with Gasteiger partial charge >= 0.3 is 0 Å². The molecule has 1 nitrogen and oxygen atoms in total. The van der Waals surface area contributed by atoms with E-state index in [4.69, 9.17) is 0 Å². The second-order valence-electron chi connectivity index (χ2n) is 5.08. The van der Waals surface area contributed by atoms with Crippen LogP contribution in [0.25, 0.3) is 0 Å². The van der Waals surface area contributed by atoms with Gasteiger partial charge in [-0.25, -0.2) is 0 Å². The minimum absolute atomic E-state index is 0.846. The zero-order chi connectivity index (χ0) is 9.03. The Morgan fingerprint density at radius 3 is 1.83 bits per heavy atom. The highest BCUT2D eigenvalue weighted by atomic mass is 28.3. The van der Waals surface area contributed by atoms with Crippen LogP contribution < -0.4 is 4.98 Å². The Morgan fingerprint density at radius 1 is 0.917 bits per heavy atom. The van der Waals surface area contributed by atoms with Gasteiger partial charge in [0.25, 0.3) is 0 Å². The maximum atomic E-state index is 3.84. The highest BCUT2D eigenvalue weighted by Gasteiger charge is 2.19. The third-order valence-corrected chi connectivity index (χ3v) is 3.77. The van der Waals surface area contributed by atoms with Crippen LogP contribution in [0, 0.1) is 0 Å². The lowest BCUT2D eigenvalue weighted by Crippen LogP contribution is -2.47. The van der Waals surface area contributed by atoms with Crippen molar-refractivity contribution in [2.24, 2.45) is 0 Å². The van der Waals surface area contributed by atoms with Gasteiger partial charge in [0.15, 0.2) is 0 Å². The van der Waals surface area contributed by atoms with E-state index in [2.05, 4.69) is 24.6 Å². The van der Waals surface area contributed by atoms with E-state index in [1.54, 1.807) is 0 Å². The molecule has 0 unspecified atom stereocenters. The first-order valence-corrected chi connectivity index (χ1v) is 8.86. The molecule has 0 aromatic heterocycles. The average molecular weight is 185 g/mol. The molecule has 1 N–H and O–H groups in total. The molecule has 0 amide bonds. The van der Waals surface area contributed by atoms with E-state index >= 15 is 0 Å². The maximum absolute atomic E-state index is 3.84. The second kappa shape index (κ2) is 4.42. The smallest absolute Gasteiger partial charge is 0.116 e. The molecule has 72 valence electrons. The van der Waals surface area contributed by atoms with Crippen molar-refractivity contribution < 1.29 is 0 Å². The summed E-state index contributed by atoms with van der Waals surface area (Å²) in [5, 5.41) is 0. The van der Waals surface area contributed by atoms with Gasteiger partial charge in [-0.15, -0.1) is 0 Å². The molecule has 0 bridgehead atoms. The molecule has 1 fully saturated rings. The number of rotatable bonds is 2. The predicted octanol–water partition coefficient (Wildman–Crippen LogP) is 3.13. The van der Waals surface area contributed by atoms with Crippen molar-refractivity contribution in [3.8, 4) is 0 Å². The van der Waals surface area contributed by atoms with E-state index < -0.39 is 8.24 Å². The highest BCUT2D eigenvalue weighted by Crippen LogP contribution is 2.18. The van der Waals surface area contributed by atoms with Gasteiger partial charge < -0.3 is 4.98 Å². The molecule has 0 aliphatic heterocycles. The molecule has 0 heterocycles. The monoisotopic (exact) mass is 185 g/mol. The summed E-state index contributed by atoms with van der Waals surface area (Å²) in [7, 11) is -1.02. The summed E-state index contributed by atoms with van der Waals surface area (Å²) < 4.78 is 0. The van der Waals surface area contributed by atoms with Gasteiger partial charge in [-0.3, -0.25) is 0 Å². The Kier molecular flexibility index (Phi) is 3.78. The van der Waals surface area contributed by atoms with Crippen molar-refractivity contribution in [3.05, 3.63) is 0 Å². The van der Waals surface area contributed by atoms with Gasteiger partial charge in [0, 0.05) is 6.04 Å². The molecule has 1 aliphatic rings. The van der Waals surface area contributed by atoms with Crippen molar-refractivity contribution in [1.29, 1.82) is 0 Å². The zero-order valence-corrected chi connectivity index (χ0v) is 9.82. The van der Waals surface area contributed by atoms with Crippen molar-refractivity contribution in [2.45, 2.75) is 64.2 Å². The quantitative estimate of drug-likeness (QED) is 0.515. The van der Waals surface area contributed by atoms with Gasteiger partial charge in [-0.1, -0.05) is 45.3 Å². The summed E-state index contributed by atoms with van der Waals surface area (Å²) in [6, 6.07) is 0.846. The van der Waals surface area contributed by atoms with Gasteiger partial charge in [-0.05, 0) is 12.8 Å². The Hall–Kier alpha value is 0.177. The summed E-state index contributed by atoms with van der Waals surface area (Å²) in [4.78, 5) is 3.84. The van der Waals surface area contributed by atoms with Crippen LogP contribution in [-0.2, 0) is 0 Å². The van der Waals surface area contributed by atoms with Crippen molar-refractivity contribution >= 4 is 8.24 Å². The van der Waals surface area contributed by atoms with E-state index in [-0.39, 0.29) is 0 Å². The fourth-order valence-electron chi connectivity index (χ4n) is 2.04. The summed E-state index contributed by atoms with van der Waals surface area (Å²) >= 11 is 0. The standard InChI is InChI=1S/C10H23NSi/c1-12(2,3)11-10-8-6-4-5-7-9-10/h10-11H,4-9H2,1-3H3. The molecule has 1 aliphatic carbocycles. The van der Waals surface area contributed by atoms with Gasteiger partial charge in [0.1, 0.15) is 8.24 Å². The summed E-state index contributed by atoms with van der Waals surface area (Å²) in [6.07, 6.45) is 8.66. The van der Waals surface area contributed by atoms with E-state index in [1.807, 2.05) is 0 Å². The molecule has 12 heavy (non-hydrogen) atoms. The minimum atomic E-state index is -1.02. The Morgan fingerprint density at radius 2 is 1.42 bits per heavy atom. The van der Waals surface area contributed by atoms with Crippen molar-refractivity contribution in [1.82, 2.24) is 4.98 Å². The molecule has 2 heteroatoms. The fourth-order valence-corrected chi connectivity index (χ4v) is 3.55. The van der Waals surface area contributed by atoms with Crippen LogP contribution in [0.3, 0.4) is 0 Å². The maximum Gasteiger partial charge on any atom is 0.116 e. The molecular weight excluding hydrogens is 162 g/mol. The van der Waals surface area contributed by atoms with Crippen molar-refractivity contribution in [2.75, 3.05) is 0 Å². The first-order chi connectivity index (χ1) is 5.58. The molecule has 0 atom stereocenters. The highest BCUT2D eigenvalue weighted by molar-refractivity contribution is 6.73. The lowest BCUT2D eigenvalue weighted by molar-refractivity contribution is 0.534. The van der Waals surface area contributed by atoms with E-state index in [0.717, 1.165) is 6.04 Å². The number of hydrogen-bond donors (Lipinski definition) is 1. The summed E-state index contributed by atoms with van der Waals surface area (Å²) in [5.74, 6) is 0. The van der Waals surface area contributed by atoms with Crippen LogP contribution in [0.5, 0.6) is 0 Å². The molecular formula is C10H23NSi. The normalized spacial score (nSPS) is 22.2. The summed E-state index contributed by atoms with van der Waals surface area (Å²) in [5.41, 5.74) is 0. The van der Waals surface area contributed by atoms with Crippen LogP contribution >= 0.6 is 0 Å². The number of nitrogens with one attached hydrogen (secondary N) is 1. The Bertz CT molecular complexity index is 120. The fraction of sp³-hybridized carbons (Fsp3) is 1.00. The van der Waals surface area contributed by atoms with Crippen LogP contribution in [0.2, 0.25) is 19.6 Å². The predicted molar refractivity (Wildman–Crippen MR) is 58.0 cm³/mol. The Labute approximate surface area is 78.0 Å². The van der Waals surface area contributed by atoms with Crippen LogP contribution in [0.4, 0.5) is 0 Å². The minimum Gasteiger partial charge on any atom is -0.335 e. The lowest BCUT2D eigenvalue weighted by Gasteiger charge is -2.26. The van der Waals surface area contributed by atoms with Crippen LogP contribution in [0.15, 0.2) is 0 Å². The lowest BCUT2D eigenvalue weighted by atomic mass is 10.1. The van der Waals surface area contributed by atoms with E-state index in [9.17, 15) is 0 Å². The third-order valence-electron chi connectivity index (χ3n) is 2.49. The molecule has 0 radical (unpaired) electrons. The average Bonchev–Trinajstić information content (AvgIpc) is 2.12. The molecule has 0 aromatic carbocycles. The second-order valence-corrected chi connectivity index (χ2v) is 9.87.